The summed E-state index contributed by atoms with van der Waals surface area (Å²) in [6.45, 7) is 0. The van der Waals surface area contributed by atoms with Gasteiger partial charge in [0, 0.05) is 11.8 Å². The number of rotatable bonds is 3. The van der Waals surface area contributed by atoms with Gasteiger partial charge in [0.15, 0.2) is 5.76 Å². The number of nitrogens with zero attached hydrogens (tertiary/aromatic N) is 1. The van der Waals surface area contributed by atoms with Crippen LogP contribution in [-0.2, 0) is 0 Å². The minimum atomic E-state index is 0.180. The SMILES string of the molecule is Oc1ccc(C=CCS)cc1-c1ccno1. The second-order valence-electron chi connectivity index (χ2n) is 3.24. The number of benzene rings is 1. The van der Waals surface area contributed by atoms with E-state index >= 15 is 0 Å². The van der Waals surface area contributed by atoms with Crippen LogP contribution in [0.3, 0.4) is 0 Å². The maximum Gasteiger partial charge on any atom is 0.170 e. The van der Waals surface area contributed by atoms with Crippen LogP contribution < -0.4 is 0 Å². The van der Waals surface area contributed by atoms with E-state index < -0.39 is 0 Å². The van der Waals surface area contributed by atoms with Gasteiger partial charge in [0.2, 0.25) is 0 Å². The van der Waals surface area contributed by atoms with E-state index in [-0.39, 0.29) is 5.75 Å². The Morgan fingerprint density at radius 1 is 1.38 bits per heavy atom. The molecule has 0 aliphatic rings. The molecule has 0 saturated heterocycles. The van der Waals surface area contributed by atoms with E-state index in [1.54, 1.807) is 18.3 Å². The number of hydrogen-bond donors (Lipinski definition) is 2. The van der Waals surface area contributed by atoms with Gasteiger partial charge >= 0.3 is 0 Å². The molecule has 1 heterocycles. The summed E-state index contributed by atoms with van der Waals surface area (Å²) in [6, 6.07) is 7.02. The zero-order chi connectivity index (χ0) is 11.4. The van der Waals surface area contributed by atoms with Crippen LogP contribution in [0.1, 0.15) is 5.56 Å². The van der Waals surface area contributed by atoms with Crippen LogP contribution in [0.15, 0.2) is 41.1 Å². The summed E-state index contributed by atoms with van der Waals surface area (Å²) in [5, 5.41) is 13.3. The standard InChI is InChI=1S/C12H11NO2S/c14-11-4-3-9(2-1-7-16)8-10(11)12-5-6-13-15-12/h1-6,8,14,16H,7H2. The lowest BCUT2D eigenvalue weighted by Gasteiger charge is -2.01. The lowest BCUT2D eigenvalue weighted by molar-refractivity contribution is 0.426. The second-order valence-corrected chi connectivity index (χ2v) is 3.60. The molecule has 0 spiro atoms. The first-order valence-electron chi connectivity index (χ1n) is 4.83. The fourth-order valence-corrected chi connectivity index (χ4v) is 1.50. The first kappa shape index (κ1) is 10.8. The molecule has 2 rings (SSSR count). The van der Waals surface area contributed by atoms with Crippen molar-refractivity contribution in [3.8, 4) is 17.1 Å². The van der Waals surface area contributed by atoms with Gasteiger partial charge in [0.25, 0.3) is 0 Å². The van der Waals surface area contributed by atoms with Crippen molar-refractivity contribution < 1.29 is 9.63 Å². The van der Waals surface area contributed by atoms with Crippen molar-refractivity contribution in [2.24, 2.45) is 0 Å². The summed E-state index contributed by atoms with van der Waals surface area (Å²) in [5.41, 5.74) is 1.62. The molecule has 0 fully saturated rings. The monoisotopic (exact) mass is 233 g/mol. The molecule has 16 heavy (non-hydrogen) atoms. The first-order chi connectivity index (χ1) is 7.81. The minimum Gasteiger partial charge on any atom is -0.507 e. The predicted molar refractivity (Wildman–Crippen MR) is 66.5 cm³/mol. The Morgan fingerprint density at radius 3 is 2.94 bits per heavy atom. The van der Waals surface area contributed by atoms with Crippen LogP contribution in [0, 0.1) is 0 Å². The summed E-state index contributed by atoms with van der Waals surface area (Å²) in [6.07, 6.45) is 5.41. The molecule has 0 atom stereocenters. The predicted octanol–water partition coefficient (Wildman–Crippen LogP) is 2.99. The van der Waals surface area contributed by atoms with Crippen LogP contribution in [-0.4, -0.2) is 16.0 Å². The molecule has 0 unspecified atom stereocenters. The van der Waals surface area contributed by atoms with Crippen molar-refractivity contribution in [1.82, 2.24) is 5.16 Å². The van der Waals surface area contributed by atoms with Crippen LogP contribution in [0.25, 0.3) is 17.4 Å². The van der Waals surface area contributed by atoms with Crippen molar-refractivity contribution >= 4 is 18.7 Å². The Kier molecular flexibility index (Phi) is 3.31. The lowest BCUT2D eigenvalue weighted by atomic mass is 10.1. The van der Waals surface area contributed by atoms with Crippen LogP contribution in [0.2, 0.25) is 0 Å². The van der Waals surface area contributed by atoms with Gasteiger partial charge in [-0.2, -0.15) is 12.6 Å². The molecule has 0 aliphatic heterocycles. The zero-order valence-electron chi connectivity index (χ0n) is 8.50. The highest BCUT2D eigenvalue weighted by molar-refractivity contribution is 7.80. The van der Waals surface area contributed by atoms with Crippen molar-refractivity contribution in [1.29, 1.82) is 0 Å². The van der Waals surface area contributed by atoms with E-state index in [9.17, 15) is 5.11 Å². The van der Waals surface area contributed by atoms with E-state index in [4.69, 9.17) is 4.52 Å². The lowest BCUT2D eigenvalue weighted by Crippen LogP contribution is -1.79. The summed E-state index contributed by atoms with van der Waals surface area (Å²) >= 11 is 4.09. The Labute approximate surface area is 98.8 Å². The molecule has 1 aromatic heterocycles. The highest BCUT2D eigenvalue weighted by Gasteiger charge is 2.07. The average molecular weight is 233 g/mol. The van der Waals surface area contributed by atoms with E-state index in [0.29, 0.717) is 17.1 Å². The Balaban J connectivity index is 2.41. The molecule has 82 valence electrons. The van der Waals surface area contributed by atoms with E-state index in [2.05, 4.69) is 17.8 Å². The summed E-state index contributed by atoms with van der Waals surface area (Å²) in [7, 11) is 0. The molecule has 1 N–H and O–H groups in total. The van der Waals surface area contributed by atoms with Gasteiger partial charge in [-0.3, -0.25) is 0 Å². The number of hydrogen-bond acceptors (Lipinski definition) is 4. The molecule has 3 nitrogen and oxygen atoms in total. The highest BCUT2D eigenvalue weighted by atomic mass is 32.1. The van der Waals surface area contributed by atoms with Crippen molar-refractivity contribution in [2.45, 2.75) is 0 Å². The fraction of sp³-hybridized carbons (Fsp3) is 0.0833. The molecule has 0 saturated carbocycles. The topological polar surface area (TPSA) is 46.3 Å². The van der Waals surface area contributed by atoms with Crippen LogP contribution >= 0.6 is 12.6 Å². The quantitative estimate of drug-likeness (QED) is 0.801. The summed E-state index contributed by atoms with van der Waals surface area (Å²) in [5.74, 6) is 1.41. The number of aromatic nitrogens is 1. The largest absolute Gasteiger partial charge is 0.507 e. The third-order valence-corrected chi connectivity index (χ3v) is 2.35. The molecular weight excluding hydrogens is 222 g/mol. The van der Waals surface area contributed by atoms with Gasteiger partial charge in [-0.25, -0.2) is 0 Å². The molecule has 0 aliphatic carbocycles. The molecule has 0 radical (unpaired) electrons. The van der Waals surface area contributed by atoms with Gasteiger partial charge in [0.1, 0.15) is 5.75 Å². The summed E-state index contributed by atoms with van der Waals surface area (Å²) in [4.78, 5) is 0. The van der Waals surface area contributed by atoms with Crippen molar-refractivity contribution in [3.63, 3.8) is 0 Å². The van der Waals surface area contributed by atoms with E-state index in [1.165, 1.54) is 0 Å². The minimum absolute atomic E-state index is 0.180. The normalized spacial score (nSPS) is 11.1. The van der Waals surface area contributed by atoms with Gasteiger partial charge in [-0.15, -0.1) is 0 Å². The van der Waals surface area contributed by atoms with Crippen LogP contribution in [0.4, 0.5) is 0 Å². The van der Waals surface area contributed by atoms with Gasteiger partial charge in [-0.1, -0.05) is 23.4 Å². The van der Waals surface area contributed by atoms with E-state index in [1.807, 2.05) is 24.3 Å². The number of aromatic hydroxyl groups is 1. The zero-order valence-corrected chi connectivity index (χ0v) is 9.39. The van der Waals surface area contributed by atoms with E-state index in [0.717, 1.165) is 5.56 Å². The highest BCUT2D eigenvalue weighted by Crippen LogP contribution is 2.29. The molecule has 2 aromatic rings. The number of phenolic OH excluding ortho intramolecular Hbond substituents is 1. The fourth-order valence-electron chi connectivity index (χ4n) is 1.40. The van der Waals surface area contributed by atoms with Crippen molar-refractivity contribution in [3.05, 3.63) is 42.1 Å². The smallest absolute Gasteiger partial charge is 0.170 e. The van der Waals surface area contributed by atoms with Gasteiger partial charge in [-0.05, 0) is 17.7 Å². The molecular formula is C12H11NO2S. The maximum absolute atomic E-state index is 9.71. The molecule has 1 aromatic carbocycles. The van der Waals surface area contributed by atoms with Gasteiger partial charge in [0.05, 0.1) is 11.8 Å². The number of phenols is 1. The number of thiol groups is 1. The van der Waals surface area contributed by atoms with Crippen LogP contribution in [0.5, 0.6) is 5.75 Å². The maximum atomic E-state index is 9.71. The molecule has 0 bridgehead atoms. The van der Waals surface area contributed by atoms with Crippen molar-refractivity contribution in [2.75, 3.05) is 5.75 Å². The third kappa shape index (κ3) is 2.28. The Bertz CT molecular complexity index is 492. The van der Waals surface area contributed by atoms with Gasteiger partial charge < -0.3 is 9.63 Å². The molecule has 4 heteroatoms. The summed E-state index contributed by atoms with van der Waals surface area (Å²) < 4.78 is 5.01. The molecule has 0 amide bonds. The first-order valence-corrected chi connectivity index (χ1v) is 5.46. The second kappa shape index (κ2) is 4.90. The Hall–Kier alpha value is -1.68. The average Bonchev–Trinajstić information content (AvgIpc) is 2.81. The third-order valence-electron chi connectivity index (χ3n) is 2.14. The Morgan fingerprint density at radius 2 is 2.25 bits per heavy atom.